The molecule has 5 nitrogen and oxygen atoms in total. The summed E-state index contributed by atoms with van der Waals surface area (Å²) in [6.07, 6.45) is 0.325. The molecular formula is C17H23ClN4O. The van der Waals surface area contributed by atoms with Gasteiger partial charge in [-0.05, 0) is 45.0 Å². The topological polar surface area (TPSA) is 64.2 Å². The predicted octanol–water partition coefficient (Wildman–Crippen LogP) is 2.49. The van der Waals surface area contributed by atoms with Gasteiger partial charge in [0.05, 0.1) is 17.8 Å². The first-order valence-electron chi connectivity index (χ1n) is 7.62. The van der Waals surface area contributed by atoms with Crippen LogP contribution in [0.2, 0.25) is 5.02 Å². The number of carbonyl (C=O) groups excluding carboxylic acids is 1. The van der Waals surface area contributed by atoms with Crippen molar-refractivity contribution in [2.24, 2.45) is 5.73 Å². The second-order valence-electron chi connectivity index (χ2n) is 5.80. The van der Waals surface area contributed by atoms with Gasteiger partial charge < -0.3 is 10.6 Å². The summed E-state index contributed by atoms with van der Waals surface area (Å²) in [6.45, 7) is 6.29. The number of amides is 1. The predicted molar refractivity (Wildman–Crippen MR) is 93.0 cm³/mol. The molecule has 124 valence electrons. The minimum absolute atomic E-state index is 0.0226. The molecule has 0 aliphatic carbocycles. The summed E-state index contributed by atoms with van der Waals surface area (Å²) in [5, 5.41) is 5.25. The summed E-state index contributed by atoms with van der Waals surface area (Å²) in [6, 6.07) is 7.50. The highest BCUT2D eigenvalue weighted by Gasteiger charge is 2.20. The number of benzene rings is 1. The molecular weight excluding hydrogens is 312 g/mol. The number of nitrogens with two attached hydrogens (primary N) is 1. The van der Waals surface area contributed by atoms with Crippen molar-refractivity contribution in [1.82, 2.24) is 14.7 Å². The van der Waals surface area contributed by atoms with E-state index in [0.717, 1.165) is 22.6 Å². The van der Waals surface area contributed by atoms with Gasteiger partial charge in [0.15, 0.2) is 0 Å². The zero-order chi connectivity index (χ0) is 17.1. The number of nitrogens with zero attached hydrogens (tertiary/aromatic N) is 3. The minimum atomic E-state index is 0.0226. The molecule has 0 aliphatic heterocycles. The van der Waals surface area contributed by atoms with Crippen LogP contribution in [0, 0.1) is 13.8 Å². The minimum Gasteiger partial charge on any atom is -0.341 e. The van der Waals surface area contributed by atoms with E-state index in [0.29, 0.717) is 18.0 Å². The molecule has 1 unspecified atom stereocenters. The third-order valence-corrected chi connectivity index (χ3v) is 4.49. The van der Waals surface area contributed by atoms with E-state index in [9.17, 15) is 4.79 Å². The maximum atomic E-state index is 12.4. The Morgan fingerprint density at radius 3 is 2.52 bits per heavy atom. The molecule has 0 aliphatic rings. The number of rotatable bonds is 5. The SMILES string of the molecule is Cc1nn(-c2ccc(Cl)cc2)c(C)c1CC(=O)N(C)C(C)CN. The molecule has 0 saturated carbocycles. The highest BCUT2D eigenvalue weighted by atomic mass is 35.5. The molecule has 0 fully saturated rings. The van der Waals surface area contributed by atoms with Crippen molar-refractivity contribution in [3.05, 3.63) is 46.2 Å². The average Bonchev–Trinajstić information content (AvgIpc) is 2.82. The fourth-order valence-corrected chi connectivity index (χ4v) is 2.57. The second kappa shape index (κ2) is 7.15. The smallest absolute Gasteiger partial charge is 0.227 e. The number of aromatic nitrogens is 2. The lowest BCUT2D eigenvalue weighted by molar-refractivity contribution is -0.130. The number of likely N-dealkylation sites (N-methyl/N-ethyl adjacent to an activating group) is 1. The highest BCUT2D eigenvalue weighted by Crippen LogP contribution is 2.20. The standard InChI is InChI=1S/C17H23ClN4O/c1-11(10-19)21(4)17(23)9-16-12(2)20-22(13(16)3)15-7-5-14(18)6-8-15/h5-8,11H,9-10,19H2,1-4H3. The largest absolute Gasteiger partial charge is 0.341 e. The van der Waals surface area contributed by atoms with Crippen molar-refractivity contribution in [1.29, 1.82) is 0 Å². The van der Waals surface area contributed by atoms with Gasteiger partial charge in [-0.1, -0.05) is 11.6 Å². The Bertz CT molecular complexity index is 693. The number of hydrogen-bond acceptors (Lipinski definition) is 3. The highest BCUT2D eigenvalue weighted by molar-refractivity contribution is 6.30. The lowest BCUT2D eigenvalue weighted by atomic mass is 10.1. The lowest BCUT2D eigenvalue weighted by Gasteiger charge is -2.23. The summed E-state index contributed by atoms with van der Waals surface area (Å²) in [7, 11) is 1.79. The van der Waals surface area contributed by atoms with Crippen molar-refractivity contribution < 1.29 is 4.79 Å². The molecule has 6 heteroatoms. The van der Waals surface area contributed by atoms with E-state index in [1.165, 1.54) is 0 Å². The van der Waals surface area contributed by atoms with Crippen LogP contribution in [0.5, 0.6) is 0 Å². The molecule has 1 aromatic heterocycles. The van der Waals surface area contributed by atoms with Gasteiger partial charge in [-0.2, -0.15) is 5.10 Å². The van der Waals surface area contributed by atoms with E-state index in [-0.39, 0.29) is 11.9 Å². The molecule has 2 N–H and O–H groups in total. The van der Waals surface area contributed by atoms with Gasteiger partial charge in [0, 0.05) is 35.9 Å². The van der Waals surface area contributed by atoms with Crippen molar-refractivity contribution in [2.45, 2.75) is 33.2 Å². The number of halogens is 1. The molecule has 23 heavy (non-hydrogen) atoms. The zero-order valence-electron chi connectivity index (χ0n) is 14.0. The molecule has 1 atom stereocenters. The van der Waals surface area contributed by atoms with Crippen molar-refractivity contribution >= 4 is 17.5 Å². The third kappa shape index (κ3) is 3.74. The van der Waals surface area contributed by atoms with Gasteiger partial charge in [0.1, 0.15) is 0 Å². The van der Waals surface area contributed by atoms with Crippen LogP contribution in [0.25, 0.3) is 5.69 Å². The molecule has 0 bridgehead atoms. The maximum Gasteiger partial charge on any atom is 0.227 e. The molecule has 0 spiro atoms. The number of aryl methyl sites for hydroxylation is 1. The molecule has 1 aromatic carbocycles. The number of carbonyl (C=O) groups is 1. The normalized spacial score (nSPS) is 12.3. The maximum absolute atomic E-state index is 12.4. The van der Waals surface area contributed by atoms with E-state index in [4.69, 9.17) is 17.3 Å². The van der Waals surface area contributed by atoms with E-state index in [1.54, 1.807) is 11.9 Å². The van der Waals surface area contributed by atoms with Crippen LogP contribution < -0.4 is 5.73 Å². The van der Waals surface area contributed by atoms with Gasteiger partial charge in [-0.25, -0.2) is 4.68 Å². The fraction of sp³-hybridized carbons (Fsp3) is 0.412. The van der Waals surface area contributed by atoms with Crippen LogP contribution in [-0.4, -0.2) is 40.2 Å². The fourth-order valence-electron chi connectivity index (χ4n) is 2.44. The summed E-state index contributed by atoms with van der Waals surface area (Å²) in [4.78, 5) is 14.1. The van der Waals surface area contributed by atoms with Gasteiger partial charge in [0.25, 0.3) is 0 Å². The van der Waals surface area contributed by atoms with Crippen molar-refractivity contribution in [3.63, 3.8) is 0 Å². The van der Waals surface area contributed by atoms with Gasteiger partial charge >= 0.3 is 0 Å². The molecule has 0 saturated heterocycles. The molecule has 2 rings (SSSR count). The molecule has 0 radical (unpaired) electrons. The summed E-state index contributed by atoms with van der Waals surface area (Å²) in [5.41, 5.74) is 9.35. The summed E-state index contributed by atoms with van der Waals surface area (Å²) >= 11 is 5.93. The second-order valence-corrected chi connectivity index (χ2v) is 6.24. The average molecular weight is 335 g/mol. The first-order chi connectivity index (χ1) is 10.8. The Morgan fingerprint density at radius 1 is 1.35 bits per heavy atom. The Morgan fingerprint density at radius 2 is 1.96 bits per heavy atom. The Labute approximate surface area is 142 Å². The van der Waals surface area contributed by atoms with E-state index < -0.39 is 0 Å². The van der Waals surface area contributed by atoms with Crippen LogP contribution in [0.3, 0.4) is 0 Å². The van der Waals surface area contributed by atoms with E-state index in [1.807, 2.05) is 49.7 Å². The van der Waals surface area contributed by atoms with Crippen molar-refractivity contribution in [2.75, 3.05) is 13.6 Å². The first-order valence-corrected chi connectivity index (χ1v) is 7.99. The monoisotopic (exact) mass is 334 g/mol. The van der Waals surface area contributed by atoms with Crippen LogP contribution in [0.4, 0.5) is 0 Å². The Balaban J connectivity index is 2.28. The first kappa shape index (κ1) is 17.5. The summed E-state index contributed by atoms with van der Waals surface area (Å²) < 4.78 is 1.85. The molecule has 1 amide bonds. The third-order valence-electron chi connectivity index (χ3n) is 4.24. The lowest BCUT2D eigenvalue weighted by Crippen LogP contribution is -2.40. The van der Waals surface area contributed by atoms with Crippen LogP contribution in [0.15, 0.2) is 24.3 Å². The van der Waals surface area contributed by atoms with Crippen LogP contribution in [-0.2, 0) is 11.2 Å². The van der Waals surface area contributed by atoms with Gasteiger partial charge in [-0.15, -0.1) is 0 Å². The molecule has 2 aromatic rings. The Kier molecular flexibility index (Phi) is 5.44. The zero-order valence-corrected chi connectivity index (χ0v) is 14.8. The van der Waals surface area contributed by atoms with E-state index in [2.05, 4.69) is 5.10 Å². The summed E-state index contributed by atoms with van der Waals surface area (Å²) in [5.74, 6) is 0.0461. The Hall–Kier alpha value is -1.85. The van der Waals surface area contributed by atoms with Crippen molar-refractivity contribution in [3.8, 4) is 5.69 Å². The van der Waals surface area contributed by atoms with Crippen LogP contribution in [0.1, 0.15) is 23.9 Å². The number of hydrogen-bond donors (Lipinski definition) is 1. The quantitative estimate of drug-likeness (QED) is 0.913. The van der Waals surface area contributed by atoms with Gasteiger partial charge in [-0.3, -0.25) is 4.79 Å². The molecule has 1 heterocycles. The van der Waals surface area contributed by atoms with Gasteiger partial charge in [0.2, 0.25) is 5.91 Å². The van der Waals surface area contributed by atoms with Crippen LogP contribution >= 0.6 is 11.6 Å². The van der Waals surface area contributed by atoms with E-state index >= 15 is 0 Å².